The van der Waals surface area contributed by atoms with Crippen LogP contribution in [0.15, 0.2) is 4.79 Å². The molecule has 0 bridgehead atoms. The third kappa shape index (κ3) is 3.57. The summed E-state index contributed by atoms with van der Waals surface area (Å²) in [4.78, 5) is 32.0. The minimum Gasteiger partial charge on any atom is -0.349 e. The maximum Gasteiger partial charge on any atom is 0.264 e. The van der Waals surface area contributed by atoms with Gasteiger partial charge in [-0.15, -0.1) is 0 Å². The van der Waals surface area contributed by atoms with E-state index >= 15 is 0 Å². The first-order valence-electron chi connectivity index (χ1n) is 8.12. The lowest BCUT2D eigenvalue weighted by molar-refractivity contribution is 0.0907. The molecule has 1 aromatic rings. The second kappa shape index (κ2) is 6.23. The molecule has 0 aliphatic heterocycles. The predicted molar refractivity (Wildman–Crippen MR) is 87.2 cm³/mol. The summed E-state index contributed by atoms with van der Waals surface area (Å²) < 4.78 is 0. The average Bonchev–Trinajstić information content (AvgIpc) is 2.39. The van der Waals surface area contributed by atoms with Crippen LogP contribution in [0.5, 0.6) is 0 Å². The molecule has 1 fully saturated rings. The maximum absolute atomic E-state index is 12.5. The van der Waals surface area contributed by atoms with Crippen LogP contribution in [0.3, 0.4) is 0 Å². The fourth-order valence-corrected chi connectivity index (χ4v) is 2.98. The standard InChI is InChI=1S/C17H27N3O2/c1-10-8-6-7-9-12(10)19-14(21)13-11(2)18-16(17(3,4)5)20-15(13)22/h10,12H,6-9H2,1-5H3,(H,19,21)(H,18,20,22)/t10-,12-/m0/s1. The van der Waals surface area contributed by atoms with Gasteiger partial charge in [0, 0.05) is 11.5 Å². The molecule has 2 N–H and O–H groups in total. The van der Waals surface area contributed by atoms with Crippen LogP contribution in [-0.2, 0) is 5.41 Å². The van der Waals surface area contributed by atoms with Gasteiger partial charge >= 0.3 is 0 Å². The highest BCUT2D eigenvalue weighted by Gasteiger charge is 2.26. The largest absolute Gasteiger partial charge is 0.349 e. The zero-order valence-electron chi connectivity index (χ0n) is 14.2. The summed E-state index contributed by atoms with van der Waals surface area (Å²) in [5.74, 6) is 0.766. The van der Waals surface area contributed by atoms with E-state index in [-0.39, 0.29) is 28.5 Å². The van der Waals surface area contributed by atoms with E-state index < -0.39 is 0 Å². The van der Waals surface area contributed by atoms with Crippen molar-refractivity contribution in [2.75, 3.05) is 0 Å². The van der Waals surface area contributed by atoms with Crippen molar-refractivity contribution in [3.05, 3.63) is 27.4 Å². The van der Waals surface area contributed by atoms with Crippen molar-refractivity contribution in [1.29, 1.82) is 0 Å². The molecule has 1 aliphatic carbocycles. The van der Waals surface area contributed by atoms with E-state index in [4.69, 9.17) is 0 Å². The number of carbonyl (C=O) groups excluding carboxylic acids is 1. The van der Waals surface area contributed by atoms with E-state index in [1.165, 1.54) is 6.42 Å². The van der Waals surface area contributed by atoms with Crippen LogP contribution in [0, 0.1) is 12.8 Å². The van der Waals surface area contributed by atoms with E-state index in [1.807, 2.05) is 20.8 Å². The Morgan fingerprint density at radius 2 is 1.91 bits per heavy atom. The Labute approximate surface area is 131 Å². The van der Waals surface area contributed by atoms with Gasteiger partial charge in [0.2, 0.25) is 0 Å². The lowest BCUT2D eigenvalue weighted by atomic mass is 9.86. The number of hydrogen-bond acceptors (Lipinski definition) is 3. The highest BCUT2D eigenvalue weighted by molar-refractivity contribution is 5.95. The van der Waals surface area contributed by atoms with Crippen LogP contribution in [-0.4, -0.2) is 21.9 Å². The molecule has 2 atom stereocenters. The Balaban J connectivity index is 2.25. The highest BCUT2D eigenvalue weighted by atomic mass is 16.2. The predicted octanol–water partition coefficient (Wildman–Crippen LogP) is 2.68. The SMILES string of the molecule is Cc1nc(C(C)(C)C)[nH]c(=O)c1C(=O)N[C@H]1CCCC[C@@H]1C. The van der Waals surface area contributed by atoms with Crippen molar-refractivity contribution in [3.8, 4) is 0 Å². The van der Waals surface area contributed by atoms with E-state index in [0.717, 1.165) is 19.3 Å². The van der Waals surface area contributed by atoms with E-state index in [1.54, 1.807) is 6.92 Å². The smallest absolute Gasteiger partial charge is 0.264 e. The summed E-state index contributed by atoms with van der Waals surface area (Å²) in [7, 11) is 0. The second-order valence-corrected chi connectivity index (χ2v) is 7.47. The van der Waals surface area contributed by atoms with Crippen LogP contribution in [0.25, 0.3) is 0 Å². The normalized spacial score (nSPS) is 22.4. The van der Waals surface area contributed by atoms with Gasteiger partial charge in [0.1, 0.15) is 11.4 Å². The van der Waals surface area contributed by atoms with Crippen molar-refractivity contribution in [3.63, 3.8) is 0 Å². The molecule has 1 aliphatic rings. The van der Waals surface area contributed by atoms with Crippen molar-refractivity contribution in [2.24, 2.45) is 5.92 Å². The Bertz CT molecular complexity index is 613. The topological polar surface area (TPSA) is 74.8 Å². The molecule has 1 aromatic heterocycles. The van der Waals surface area contributed by atoms with Gasteiger partial charge in [0.15, 0.2) is 0 Å². The van der Waals surface area contributed by atoms with Gasteiger partial charge in [-0.05, 0) is 25.7 Å². The molecule has 5 nitrogen and oxygen atoms in total. The molecule has 1 saturated carbocycles. The minimum absolute atomic E-state index is 0.144. The number of amides is 1. The summed E-state index contributed by atoms with van der Waals surface area (Å²) in [6.07, 6.45) is 4.46. The summed E-state index contributed by atoms with van der Waals surface area (Å²) in [6, 6.07) is 0.155. The van der Waals surface area contributed by atoms with Crippen LogP contribution in [0.1, 0.15) is 75.3 Å². The molecule has 0 spiro atoms. The third-order valence-corrected chi connectivity index (χ3v) is 4.47. The average molecular weight is 305 g/mol. The molecule has 0 aromatic carbocycles. The molecule has 22 heavy (non-hydrogen) atoms. The number of rotatable bonds is 2. The molecule has 2 rings (SSSR count). The molecule has 0 saturated heterocycles. The van der Waals surface area contributed by atoms with Crippen molar-refractivity contribution in [2.45, 2.75) is 71.8 Å². The number of H-pyrrole nitrogens is 1. The van der Waals surface area contributed by atoms with Gasteiger partial charge in [0.25, 0.3) is 11.5 Å². The first-order valence-corrected chi connectivity index (χ1v) is 8.12. The van der Waals surface area contributed by atoms with Gasteiger partial charge in [-0.25, -0.2) is 4.98 Å². The second-order valence-electron chi connectivity index (χ2n) is 7.47. The first kappa shape index (κ1) is 16.7. The van der Waals surface area contributed by atoms with Gasteiger partial charge < -0.3 is 10.3 Å². The summed E-state index contributed by atoms with van der Waals surface area (Å²) >= 11 is 0. The number of hydrogen-bond donors (Lipinski definition) is 2. The Kier molecular flexibility index (Phi) is 4.73. The zero-order valence-corrected chi connectivity index (χ0v) is 14.2. The van der Waals surface area contributed by atoms with E-state index in [2.05, 4.69) is 22.2 Å². The quantitative estimate of drug-likeness (QED) is 0.882. The lowest BCUT2D eigenvalue weighted by Crippen LogP contribution is -2.43. The zero-order chi connectivity index (χ0) is 16.5. The van der Waals surface area contributed by atoms with Crippen molar-refractivity contribution < 1.29 is 4.79 Å². The van der Waals surface area contributed by atoms with Crippen LogP contribution in [0.4, 0.5) is 0 Å². The van der Waals surface area contributed by atoms with E-state index in [0.29, 0.717) is 17.4 Å². The molecule has 5 heteroatoms. The molecule has 1 heterocycles. The summed E-state index contributed by atoms with van der Waals surface area (Å²) in [5.41, 5.74) is 0.0374. The molecule has 1 amide bonds. The van der Waals surface area contributed by atoms with Gasteiger partial charge in [0.05, 0.1) is 5.69 Å². The lowest BCUT2D eigenvalue weighted by Gasteiger charge is -2.29. The molecular formula is C17H27N3O2. The van der Waals surface area contributed by atoms with Gasteiger partial charge in [-0.1, -0.05) is 40.5 Å². The van der Waals surface area contributed by atoms with Gasteiger partial charge in [-0.2, -0.15) is 0 Å². The summed E-state index contributed by atoms with van der Waals surface area (Å²) in [6.45, 7) is 9.82. The van der Waals surface area contributed by atoms with Crippen LogP contribution < -0.4 is 10.9 Å². The number of carbonyl (C=O) groups is 1. The van der Waals surface area contributed by atoms with Crippen LogP contribution >= 0.6 is 0 Å². The molecule has 0 unspecified atom stereocenters. The fourth-order valence-electron chi connectivity index (χ4n) is 2.98. The van der Waals surface area contributed by atoms with Crippen molar-refractivity contribution >= 4 is 5.91 Å². The Morgan fingerprint density at radius 3 is 2.45 bits per heavy atom. The Morgan fingerprint density at radius 1 is 1.27 bits per heavy atom. The van der Waals surface area contributed by atoms with Crippen LogP contribution in [0.2, 0.25) is 0 Å². The number of aryl methyl sites for hydroxylation is 1. The summed E-state index contributed by atoms with van der Waals surface area (Å²) in [5, 5.41) is 3.03. The maximum atomic E-state index is 12.5. The first-order chi connectivity index (χ1) is 10.2. The number of aromatic amines is 1. The molecule has 0 radical (unpaired) electrons. The monoisotopic (exact) mass is 305 g/mol. The van der Waals surface area contributed by atoms with Gasteiger partial charge in [-0.3, -0.25) is 9.59 Å². The van der Waals surface area contributed by atoms with E-state index in [9.17, 15) is 9.59 Å². The van der Waals surface area contributed by atoms with Crippen molar-refractivity contribution in [1.82, 2.24) is 15.3 Å². The number of aromatic nitrogens is 2. The minimum atomic E-state index is -0.349. The number of nitrogens with zero attached hydrogens (tertiary/aromatic N) is 1. The highest BCUT2D eigenvalue weighted by Crippen LogP contribution is 2.24. The Hall–Kier alpha value is -1.65. The molecule has 122 valence electrons. The number of nitrogens with one attached hydrogen (secondary N) is 2. The molecular weight excluding hydrogens is 278 g/mol. The third-order valence-electron chi connectivity index (χ3n) is 4.47. The fraction of sp³-hybridized carbons (Fsp3) is 0.706.